The van der Waals surface area contributed by atoms with Crippen LogP contribution in [0.3, 0.4) is 0 Å². The van der Waals surface area contributed by atoms with Crippen LogP contribution in [0.2, 0.25) is 0 Å². The molecule has 1 rings (SSSR count). The van der Waals surface area contributed by atoms with Crippen LogP contribution in [-0.2, 0) is 11.3 Å². The lowest BCUT2D eigenvalue weighted by Crippen LogP contribution is -2.34. The molecule has 0 saturated heterocycles. The first-order valence-corrected chi connectivity index (χ1v) is 6.11. The highest BCUT2D eigenvalue weighted by Gasteiger charge is 2.07. The van der Waals surface area contributed by atoms with Gasteiger partial charge in [-0.05, 0) is 25.6 Å². The molecule has 0 fully saturated rings. The Kier molecular flexibility index (Phi) is 5.49. The van der Waals surface area contributed by atoms with Crippen LogP contribution in [0.4, 0.5) is 0 Å². The predicted molar refractivity (Wildman–Crippen MR) is 69.2 cm³/mol. The second-order valence-corrected chi connectivity index (χ2v) is 4.57. The lowest BCUT2D eigenvalue weighted by molar-refractivity contribution is -0.121. The molecule has 88 valence electrons. The Bertz CT molecular complexity index is 355. The average molecular weight is 285 g/mol. The number of benzene rings is 1. The molecule has 3 nitrogen and oxygen atoms in total. The van der Waals surface area contributed by atoms with Crippen LogP contribution < -0.4 is 5.32 Å². The third kappa shape index (κ3) is 4.33. The molecule has 0 aromatic heterocycles. The van der Waals surface area contributed by atoms with Crippen molar-refractivity contribution in [1.29, 1.82) is 0 Å². The van der Waals surface area contributed by atoms with Gasteiger partial charge in [-0.1, -0.05) is 34.1 Å². The number of carbonyl (C=O) groups excluding carboxylic acids is 1. The smallest absolute Gasteiger partial charge is 0.234 e. The molecular weight excluding hydrogens is 268 g/mol. The lowest BCUT2D eigenvalue weighted by atomic mass is 10.2. The van der Waals surface area contributed by atoms with Crippen molar-refractivity contribution in [3.05, 3.63) is 34.3 Å². The number of hydrogen-bond donors (Lipinski definition) is 1. The molecule has 16 heavy (non-hydrogen) atoms. The molecule has 1 amide bonds. The highest BCUT2D eigenvalue weighted by Crippen LogP contribution is 2.16. The number of nitrogens with zero attached hydrogens (tertiary/aromatic N) is 1. The van der Waals surface area contributed by atoms with Crippen molar-refractivity contribution in [2.75, 3.05) is 20.1 Å². The Balaban J connectivity index is 2.48. The fraction of sp³-hybridized carbons (Fsp3) is 0.417. The molecule has 0 aliphatic carbocycles. The van der Waals surface area contributed by atoms with Crippen molar-refractivity contribution in [1.82, 2.24) is 10.2 Å². The highest BCUT2D eigenvalue weighted by atomic mass is 79.9. The van der Waals surface area contributed by atoms with Gasteiger partial charge in [0.15, 0.2) is 0 Å². The van der Waals surface area contributed by atoms with Crippen LogP contribution in [0, 0.1) is 0 Å². The predicted octanol–water partition coefficient (Wildman–Crippen LogP) is 2.02. The summed E-state index contributed by atoms with van der Waals surface area (Å²) in [6.45, 7) is 3.79. The van der Waals surface area contributed by atoms with Gasteiger partial charge < -0.3 is 5.32 Å². The van der Waals surface area contributed by atoms with E-state index in [-0.39, 0.29) is 5.91 Å². The van der Waals surface area contributed by atoms with E-state index in [1.807, 2.05) is 37.1 Å². The summed E-state index contributed by atoms with van der Waals surface area (Å²) in [5, 5.41) is 2.78. The summed E-state index contributed by atoms with van der Waals surface area (Å²) < 4.78 is 1.08. The molecule has 0 atom stereocenters. The second-order valence-electron chi connectivity index (χ2n) is 3.72. The first-order chi connectivity index (χ1) is 7.63. The number of likely N-dealkylation sites (N-methyl/N-ethyl adjacent to an activating group) is 2. The molecule has 0 bridgehead atoms. The van der Waals surface area contributed by atoms with E-state index in [2.05, 4.69) is 27.3 Å². The minimum atomic E-state index is 0.0667. The Morgan fingerprint density at radius 2 is 2.12 bits per heavy atom. The van der Waals surface area contributed by atoms with E-state index >= 15 is 0 Å². The second kappa shape index (κ2) is 6.66. The topological polar surface area (TPSA) is 32.3 Å². The fourth-order valence-electron chi connectivity index (χ4n) is 1.47. The van der Waals surface area contributed by atoms with Gasteiger partial charge >= 0.3 is 0 Å². The number of rotatable bonds is 5. The summed E-state index contributed by atoms with van der Waals surface area (Å²) in [6.07, 6.45) is 0. The zero-order valence-electron chi connectivity index (χ0n) is 9.66. The molecule has 0 heterocycles. The third-order valence-corrected chi connectivity index (χ3v) is 2.96. The summed E-state index contributed by atoms with van der Waals surface area (Å²) in [4.78, 5) is 13.4. The molecule has 4 heteroatoms. The van der Waals surface area contributed by atoms with Crippen LogP contribution >= 0.6 is 15.9 Å². The molecule has 0 aliphatic heterocycles. The van der Waals surface area contributed by atoms with Gasteiger partial charge in [0.05, 0.1) is 6.54 Å². The largest absolute Gasteiger partial charge is 0.355 e. The quantitative estimate of drug-likeness (QED) is 0.897. The summed E-state index contributed by atoms with van der Waals surface area (Å²) in [5.74, 6) is 0.0667. The van der Waals surface area contributed by atoms with Crippen molar-refractivity contribution < 1.29 is 4.79 Å². The fourth-order valence-corrected chi connectivity index (χ4v) is 1.88. The summed E-state index contributed by atoms with van der Waals surface area (Å²) in [7, 11) is 1.94. The van der Waals surface area contributed by atoms with Gasteiger partial charge in [-0.3, -0.25) is 9.69 Å². The molecular formula is C12H17BrN2O. The average Bonchev–Trinajstić information content (AvgIpc) is 2.21. The first-order valence-electron chi connectivity index (χ1n) is 5.32. The number of hydrogen-bond acceptors (Lipinski definition) is 2. The van der Waals surface area contributed by atoms with E-state index in [1.165, 1.54) is 5.56 Å². The third-order valence-electron chi connectivity index (χ3n) is 2.19. The Hall–Kier alpha value is -0.870. The zero-order chi connectivity index (χ0) is 12.0. The van der Waals surface area contributed by atoms with Crippen LogP contribution in [0.15, 0.2) is 28.7 Å². The molecule has 0 saturated carbocycles. The van der Waals surface area contributed by atoms with Gasteiger partial charge in [-0.15, -0.1) is 0 Å². The van der Waals surface area contributed by atoms with Crippen LogP contribution in [0.5, 0.6) is 0 Å². The maximum absolute atomic E-state index is 11.4. The first kappa shape index (κ1) is 13.2. The zero-order valence-corrected chi connectivity index (χ0v) is 11.3. The molecule has 0 unspecified atom stereocenters. The van der Waals surface area contributed by atoms with E-state index in [1.54, 1.807) is 0 Å². The number of halogens is 1. The molecule has 0 radical (unpaired) electrons. The number of nitrogens with one attached hydrogen (secondary N) is 1. The monoisotopic (exact) mass is 284 g/mol. The normalized spacial score (nSPS) is 10.5. The van der Waals surface area contributed by atoms with Gasteiger partial charge in [0.25, 0.3) is 0 Å². The van der Waals surface area contributed by atoms with Gasteiger partial charge in [0.2, 0.25) is 5.91 Å². The Morgan fingerprint density at radius 1 is 1.44 bits per heavy atom. The van der Waals surface area contributed by atoms with E-state index in [0.717, 1.165) is 11.0 Å². The van der Waals surface area contributed by atoms with Gasteiger partial charge in [-0.2, -0.15) is 0 Å². The molecule has 0 spiro atoms. The van der Waals surface area contributed by atoms with Crippen LogP contribution in [0.25, 0.3) is 0 Å². The van der Waals surface area contributed by atoms with Gasteiger partial charge in [-0.25, -0.2) is 0 Å². The van der Waals surface area contributed by atoms with Crippen LogP contribution in [0.1, 0.15) is 12.5 Å². The van der Waals surface area contributed by atoms with Crippen molar-refractivity contribution in [3.63, 3.8) is 0 Å². The van der Waals surface area contributed by atoms with Crippen molar-refractivity contribution in [2.45, 2.75) is 13.5 Å². The summed E-state index contributed by atoms with van der Waals surface area (Å²) in [5.41, 5.74) is 1.19. The SMILES string of the molecule is CCNC(=O)CN(C)Cc1ccccc1Br. The number of amides is 1. The van der Waals surface area contributed by atoms with E-state index in [4.69, 9.17) is 0 Å². The molecule has 1 aromatic rings. The number of carbonyl (C=O) groups is 1. The van der Waals surface area contributed by atoms with Crippen LogP contribution in [-0.4, -0.2) is 30.9 Å². The van der Waals surface area contributed by atoms with Crippen molar-refractivity contribution >= 4 is 21.8 Å². The maximum Gasteiger partial charge on any atom is 0.234 e. The highest BCUT2D eigenvalue weighted by molar-refractivity contribution is 9.10. The lowest BCUT2D eigenvalue weighted by Gasteiger charge is -2.16. The Morgan fingerprint density at radius 3 is 2.75 bits per heavy atom. The standard InChI is InChI=1S/C12H17BrN2O/c1-3-14-12(16)9-15(2)8-10-6-4-5-7-11(10)13/h4-7H,3,8-9H2,1-2H3,(H,14,16). The molecule has 1 N–H and O–H groups in total. The van der Waals surface area contributed by atoms with Gasteiger partial charge in [0, 0.05) is 17.6 Å². The molecule has 0 aliphatic rings. The van der Waals surface area contributed by atoms with E-state index in [9.17, 15) is 4.79 Å². The van der Waals surface area contributed by atoms with Crippen molar-refractivity contribution in [3.8, 4) is 0 Å². The minimum Gasteiger partial charge on any atom is -0.355 e. The van der Waals surface area contributed by atoms with Crippen molar-refractivity contribution in [2.24, 2.45) is 0 Å². The van der Waals surface area contributed by atoms with E-state index in [0.29, 0.717) is 13.1 Å². The summed E-state index contributed by atoms with van der Waals surface area (Å²) >= 11 is 3.49. The Labute approximate surface area is 105 Å². The van der Waals surface area contributed by atoms with E-state index < -0.39 is 0 Å². The van der Waals surface area contributed by atoms with Gasteiger partial charge in [0.1, 0.15) is 0 Å². The minimum absolute atomic E-state index is 0.0667. The maximum atomic E-state index is 11.4. The molecule has 1 aromatic carbocycles. The summed E-state index contributed by atoms with van der Waals surface area (Å²) in [6, 6.07) is 8.05.